The Morgan fingerprint density at radius 1 is 1.65 bits per heavy atom. The number of carboxylic acids is 1. The Bertz CT molecular complexity index is 483. The molecule has 7 heteroatoms. The summed E-state index contributed by atoms with van der Waals surface area (Å²) in [6.45, 7) is -0.266. The Morgan fingerprint density at radius 3 is 2.71 bits per heavy atom. The molecule has 0 aromatic carbocycles. The maximum Gasteiger partial charge on any atom is 0.309 e. The van der Waals surface area contributed by atoms with E-state index in [2.05, 4.69) is 4.98 Å². The van der Waals surface area contributed by atoms with Crippen molar-refractivity contribution in [3.05, 3.63) is 28.6 Å². The minimum atomic E-state index is -2.91. The first-order valence-corrected chi connectivity index (χ1v) is 4.62. The first-order chi connectivity index (χ1) is 8.01. The van der Waals surface area contributed by atoms with Crippen LogP contribution < -0.4 is 5.73 Å². The van der Waals surface area contributed by atoms with Crippen LogP contribution in [0, 0.1) is 11.3 Å². The third kappa shape index (κ3) is 2.73. The Hall–Kier alpha value is -2.07. The number of halogens is 2. The molecule has 0 aliphatic carbocycles. The third-order valence-electron chi connectivity index (χ3n) is 2.17. The van der Waals surface area contributed by atoms with Crippen LogP contribution in [0.1, 0.15) is 28.8 Å². The molecule has 5 nitrogen and oxygen atoms in total. The number of aromatic nitrogens is 1. The monoisotopic (exact) mass is 241 g/mol. The maximum atomic E-state index is 12.8. The highest BCUT2D eigenvalue weighted by Gasteiger charge is 2.22. The summed E-state index contributed by atoms with van der Waals surface area (Å²) in [7, 11) is 0. The van der Waals surface area contributed by atoms with Gasteiger partial charge in [-0.15, -0.1) is 0 Å². The highest BCUT2D eigenvalue weighted by molar-refractivity contribution is 5.70. The minimum Gasteiger partial charge on any atom is -0.481 e. The lowest BCUT2D eigenvalue weighted by atomic mass is 10.0. The van der Waals surface area contributed by atoms with Gasteiger partial charge in [0.1, 0.15) is 6.07 Å². The Labute approximate surface area is 95.5 Å². The average molecular weight is 241 g/mol. The maximum absolute atomic E-state index is 12.8. The molecular formula is C10H9F2N3O2. The molecule has 0 fully saturated rings. The van der Waals surface area contributed by atoms with E-state index in [-0.39, 0.29) is 23.4 Å². The molecule has 0 radical (unpaired) electrons. The Kier molecular flexibility index (Phi) is 4.06. The fourth-order valence-corrected chi connectivity index (χ4v) is 1.47. The van der Waals surface area contributed by atoms with Gasteiger partial charge in [0, 0.05) is 18.3 Å². The summed E-state index contributed by atoms with van der Waals surface area (Å²) >= 11 is 0. The molecule has 0 spiro atoms. The van der Waals surface area contributed by atoms with E-state index in [4.69, 9.17) is 16.1 Å². The van der Waals surface area contributed by atoms with Gasteiger partial charge in [0.05, 0.1) is 17.7 Å². The van der Waals surface area contributed by atoms with Crippen LogP contribution in [-0.2, 0) is 17.8 Å². The quantitative estimate of drug-likeness (QED) is 0.818. The zero-order valence-corrected chi connectivity index (χ0v) is 8.65. The predicted octanol–water partition coefficient (Wildman–Crippen LogP) is 0.977. The van der Waals surface area contributed by atoms with Crippen molar-refractivity contribution >= 4 is 5.97 Å². The van der Waals surface area contributed by atoms with Crippen LogP contribution >= 0.6 is 0 Å². The van der Waals surface area contributed by atoms with E-state index in [1.807, 2.05) is 0 Å². The van der Waals surface area contributed by atoms with E-state index in [0.29, 0.717) is 0 Å². The summed E-state index contributed by atoms with van der Waals surface area (Å²) in [6, 6.07) is 1.70. The van der Waals surface area contributed by atoms with E-state index in [0.717, 1.165) is 6.20 Å². The molecule has 1 aromatic rings. The summed E-state index contributed by atoms with van der Waals surface area (Å²) in [5.41, 5.74) is 4.39. The number of nitrogens with two attached hydrogens (primary N) is 1. The number of aliphatic carboxylic acids is 1. The SMILES string of the molecule is N#Cc1cnc(CC(=O)O)c(C(F)F)c1CN. The molecule has 0 aliphatic rings. The van der Waals surface area contributed by atoms with Crippen molar-refractivity contribution in [2.24, 2.45) is 5.73 Å². The number of pyridine rings is 1. The molecule has 0 aliphatic heterocycles. The number of nitrogens with zero attached hydrogens (tertiary/aromatic N) is 2. The van der Waals surface area contributed by atoms with Crippen LogP contribution in [0.4, 0.5) is 8.78 Å². The van der Waals surface area contributed by atoms with Crippen LogP contribution in [-0.4, -0.2) is 16.1 Å². The molecule has 90 valence electrons. The lowest BCUT2D eigenvalue weighted by Crippen LogP contribution is -2.13. The normalized spacial score (nSPS) is 10.3. The number of alkyl halides is 2. The highest BCUT2D eigenvalue weighted by Crippen LogP contribution is 2.27. The fraction of sp³-hybridized carbons (Fsp3) is 0.300. The molecular weight excluding hydrogens is 232 g/mol. The largest absolute Gasteiger partial charge is 0.481 e. The fourth-order valence-electron chi connectivity index (χ4n) is 1.47. The first kappa shape index (κ1) is 13.0. The predicted molar refractivity (Wildman–Crippen MR) is 53.1 cm³/mol. The average Bonchev–Trinajstić information content (AvgIpc) is 2.26. The molecule has 17 heavy (non-hydrogen) atoms. The second-order valence-electron chi connectivity index (χ2n) is 3.20. The zero-order chi connectivity index (χ0) is 13.0. The van der Waals surface area contributed by atoms with Gasteiger partial charge < -0.3 is 10.8 Å². The van der Waals surface area contributed by atoms with Crippen molar-refractivity contribution in [3.63, 3.8) is 0 Å². The van der Waals surface area contributed by atoms with Crippen LogP contribution in [0.3, 0.4) is 0 Å². The van der Waals surface area contributed by atoms with Crippen molar-refractivity contribution in [1.82, 2.24) is 4.98 Å². The molecule has 0 bridgehead atoms. The van der Waals surface area contributed by atoms with Gasteiger partial charge in [0.15, 0.2) is 0 Å². The molecule has 0 saturated carbocycles. The summed E-state index contributed by atoms with van der Waals surface area (Å²) in [5.74, 6) is -1.27. The standard InChI is InChI=1S/C10H9F2N3O2/c11-10(12)9-6(3-14)5(2-13)4-15-7(9)1-8(16)17/h4,10H,1,3,14H2,(H,16,17). The number of carbonyl (C=O) groups is 1. The van der Waals surface area contributed by atoms with Crippen LogP contribution in [0.25, 0.3) is 0 Å². The number of nitriles is 1. The van der Waals surface area contributed by atoms with Crippen molar-refractivity contribution in [1.29, 1.82) is 5.26 Å². The number of hydrogen-bond donors (Lipinski definition) is 2. The van der Waals surface area contributed by atoms with Crippen LogP contribution in [0.15, 0.2) is 6.20 Å². The molecule has 0 amide bonds. The zero-order valence-electron chi connectivity index (χ0n) is 8.65. The summed E-state index contributed by atoms with van der Waals surface area (Å²) < 4.78 is 25.7. The summed E-state index contributed by atoms with van der Waals surface area (Å²) in [6.07, 6.45) is -2.48. The highest BCUT2D eigenvalue weighted by atomic mass is 19.3. The van der Waals surface area contributed by atoms with Crippen molar-refractivity contribution < 1.29 is 18.7 Å². The smallest absolute Gasteiger partial charge is 0.309 e. The summed E-state index contributed by atoms with van der Waals surface area (Å²) in [4.78, 5) is 14.1. The van der Waals surface area contributed by atoms with Gasteiger partial charge in [0.2, 0.25) is 0 Å². The third-order valence-corrected chi connectivity index (χ3v) is 2.17. The van der Waals surface area contributed by atoms with E-state index in [1.54, 1.807) is 6.07 Å². The topological polar surface area (TPSA) is 100 Å². The molecule has 1 heterocycles. The van der Waals surface area contributed by atoms with E-state index >= 15 is 0 Å². The first-order valence-electron chi connectivity index (χ1n) is 4.62. The van der Waals surface area contributed by atoms with Gasteiger partial charge in [-0.1, -0.05) is 0 Å². The lowest BCUT2D eigenvalue weighted by molar-refractivity contribution is -0.136. The molecule has 1 aromatic heterocycles. The van der Waals surface area contributed by atoms with Crippen LogP contribution in [0.5, 0.6) is 0 Å². The summed E-state index contributed by atoms with van der Waals surface area (Å²) in [5, 5.41) is 17.3. The van der Waals surface area contributed by atoms with Crippen LogP contribution in [0.2, 0.25) is 0 Å². The van der Waals surface area contributed by atoms with E-state index in [9.17, 15) is 13.6 Å². The number of rotatable bonds is 4. The van der Waals surface area contributed by atoms with Crippen molar-refractivity contribution in [2.75, 3.05) is 0 Å². The van der Waals surface area contributed by atoms with Gasteiger partial charge in [-0.25, -0.2) is 8.78 Å². The van der Waals surface area contributed by atoms with Crippen molar-refractivity contribution in [2.45, 2.75) is 19.4 Å². The van der Waals surface area contributed by atoms with E-state index in [1.165, 1.54) is 0 Å². The molecule has 3 N–H and O–H groups in total. The second-order valence-corrected chi connectivity index (χ2v) is 3.20. The Balaban J connectivity index is 3.43. The molecule has 0 unspecified atom stereocenters. The van der Waals surface area contributed by atoms with E-state index < -0.39 is 24.4 Å². The van der Waals surface area contributed by atoms with Gasteiger partial charge in [-0.2, -0.15) is 5.26 Å². The van der Waals surface area contributed by atoms with Gasteiger partial charge in [0.25, 0.3) is 6.43 Å². The molecule has 1 rings (SSSR count). The second kappa shape index (κ2) is 5.32. The van der Waals surface area contributed by atoms with Gasteiger partial charge >= 0.3 is 5.97 Å². The van der Waals surface area contributed by atoms with Gasteiger partial charge in [-0.3, -0.25) is 9.78 Å². The van der Waals surface area contributed by atoms with Crippen molar-refractivity contribution in [3.8, 4) is 6.07 Å². The minimum absolute atomic E-state index is 0.0475. The van der Waals surface area contributed by atoms with Gasteiger partial charge in [-0.05, 0) is 5.56 Å². The number of hydrogen-bond acceptors (Lipinski definition) is 4. The molecule has 0 atom stereocenters. The lowest BCUT2D eigenvalue weighted by Gasteiger charge is -2.12. The molecule has 0 saturated heterocycles. The number of carboxylic acid groups (broad SMARTS) is 1. The Morgan fingerprint density at radius 2 is 2.29 bits per heavy atom.